The fourth-order valence-corrected chi connectivity index (χ4v) is 3.60. The monoisotopic (exact) mass is 425 g/mol. The highest BCUT2D eigenvalue weighted by atomic mass is 32.2. The number of nitrogens with zero attached hydrogens (tertiary/aromatic N) is 3. The van der Waals surface area contributed by atoms with E-state index in [9.17, 15) is 9.90 Å². The Kier molecular flexibility index (Phi) is 7.08. The van der Waals surface area contributed by atoms with Gasteiger partial charge in [0.05, 0.1) is 36.3 Å². The molecule has 156 valence electrons. The van der Waals surface area contributed by atoms with Gasteiger partial charge in [-0.1, -0.05) is 35.6 Å². The quantitative estimate of drug-likeness (QED) is 0.249. The van der Waals surface area contributed by atoms with Gasteiger partial charge in [0, 0.05) is 0 Å². The van der Waals surface area contributed by atoms with Crippen molar-refractivity contribution in [3.05, 3.63) is 53.6 Å². The number of methoxy groups -OCH3 is 1. The average Bonchev–Trinajstić information content (AvgIpc) is 3.17. The first-order chi connectivity index (χ1) is 14.5. The van der Waals surface area contributed by atoms with Crippen molar-refractivity contribution in [1.29, 1.82) is 0 Å². The molecule has 0 bridgehead atoms. The summed E-state index contributed by atoms with van der Waals surface area (Å²) in [5.41, 5.74) is 4.98. The molecule has 3 rings (SSSR count). The molecule has 1 aromatic heterocycles. The number of thioether (sulfide) groups is 1. The van der Waals surface area contributed by atoms with Crippen LogP contribution in [-0.4, -0.2) is 35.2 Å². The Morgan fingerprint density at radius 1 is 1.33 bits per heavy atom. The first-order valence-corrected chi connectivity index (χ1v) is 10.4. The van der Waals surface area contributed by atoms with E-state index >= 15 is 0 Å². The molecule has 0 unspecified atom stereocenters. The second kappa shape index (κ2) is 9.93. The van der Waals surface area contributed by atoms with Crippen LogP contribution in [0.1, 0.15) is 18.1 Å². The second-order valence-electron chi connectivity index (χ2n) is 6.43. The zero-order valence-corrected chi connectivity index (χ0v) is 17.8. The maximum absolute atomic E-state index is 12.1. The van der Waals surface area contributed by atoms with E-state index in [0.717, 1.165) is 11.4 Å². The van der Waals surface area contributed by atoms with Gasteiger partial charge in [-0.2, -0.15) is 5.10 Å². The lowest BCUT2D eigenvalue weighted by molar-refractivity contribution is -0.719. The van der Waals surface area contributed by atoms with E-state index in [4.69, 9.17) is 4.74 Å². The summed E-state index contributed by atoms with van der Waals surface area (Å²) in [6, 6.07) is 13.0. The van der Waals surface area contributed by atoms with E-state index in [-0.39, 0.29) is 23.2 Å². The summed E-state index contributed by atoms with van der Waals surface area (Å²) in [7, 11) is 1.43. The summed E-state index contributed by atoms with van der Waals surface area (Å²) in [6.45, 7) is 4.78. The third kappa shape index (κ3) is 4.98. The van der Waals surface area contributed by atoms with E-state index in [1.165, 1.54) is 30.6 Å². The van der Waals surface area contributed by atoms with Crippen molar-refractivity contribution in [3.63, 3.8) is 0 Å². The number of hydrogen-bond donors (Lipinski definition) is 2. The number of aromatic amines is 1. The predicted molar refractivity (Wildman–Crippen MR) is 114 cm³/mol. The number of carbonyl (C=O) groups excluding carboxylic acids is 1. The number of hydrazone groups is 1. The van der Waals surface area contributed by atoms with Crippen LogP contribution in [0.25, 0.3) is 11.4 Å². The van der Waals surface area contributed by atoms with Gasteiger partial charge >= 0.3 is 5.16 Å². The molecule has 0 spiro atoms. The van der Waals surface area contributed by atoms with Gasteiger partial charge in [-0.25, -0.2) is 9.99 Å². The molecule has 1 amide bonds. The lowest BCUT2D eigenvalue weighted by Gasteiger charge is -2.14. The van der Waals surface area contributed by atoms with E-state index in [0.29, 0.717) is 17.3 Å². The normalized spacial score (nSPS) is 11.0. The highest BCUT2D eigenvalue weighted by Gasteiger charge is 2.21. The Balaban J connectivity index is 1.60. The lowest BCUT2D eigenvalue weighted by atomic mass is 10.1. The fraction of sp³-hybridized carbons (Fsp3) is 0.238. The maximum atomic E-state index is 12.1. The Morgan fingerprint density at radius 2 is 2.10 bits per heavy atom. The molecule has 0 aliphatic rings. The van der Waals surface area contributed by atoms with Crippen molar-refractivity contribution in [2.75, 3.05) is 12.9 Å². The van der Waals surface area contributed by atoms with Crippen molar-refractivity contribution in [2.24, 2.45) is 5.10 Å². The Bertz CT molecular complexity index is 1050. The van der Waals surface area contributed by atoms with E-state index < -0.39 is 0 Å². The molecule has 0 saturated heterocycles. The summed E-state index contributed by atoms with van der Waals surface area (Å²) in [6.07, 6.45) is 1.31. The molecule has 2 N–H and O–H groups in total. The SMILES string of the molecule is CC[n+]1c(SCC(=O)N/N=C/c2cccc(OC)c2[O-])n[nH]c1-c1ccc(C)cc1. The topological polar surface area (TPSA) is 106 Å². The summed E-state index contributed by atoms with van der Waals surface area (Å²) in [5.74, 6) is 0.677. The van der Waals surface area contributed by atoms with Gasteiger partial charge in [0.2, 0.25) is 0 Å². The number of aryl methyl sites for hydroxylation is 1. The van der Waals surface area contributed by atoms with Crippen LogP contribution in [0.3, 0.4) is 0 Å². The number of hydrogen-bond acceptors (Lipinski definition) is 6. The number of amides is 1. The number of rotatable bonds is 8. The number of H-pyrrole nitrogens is 1. The summed E-state index contributed by atoms with van der Waals surface area (Å²) < 4.78 is 7.00. The van der Waals surface area contributed by atoms with Gasteiger partial charge < -0.3 is 9.84 Å². The van der Waals surface area contributed by atoms with Gasteiger partial charge in [0.1, 0.15) is 5.75 Å². The molecule has 0 saturated carbocycles. The van der Waals surface area contributed by atoms with Crippen molar-refractivity contribution in [2.45, 2.75) is 25.5 Å². The Labute approximate surface area is 179 Å². The molecule has 8 nitrogen and oxygen atoms in total. The lowest BCUT2D eigenvalue weighted by Crippen LogP contribution is -2.36. The van der Waals surface area contributed by atoms with E-state index in [1.807, 2.05) is 42.7 Å². The molecule has 3 aromatic rings. The molecule has 0 aliphatic carbocycles. The minimum Gasteiger partial charge on any atom is -0.870 e. The van der Waals surface area contributed by atoms with Gasteiger partial charge in [0.25, 0.3) is 11.7 Å². The number of nitrogens with one attached hydrogen (secondary N) is 2. The third-order valence-corrected chi connectivity index (χ3v) is 5.33. The zero-order chi connectivity index (χ0) is 21.5. The van der Waals surface area contributed by atoms with Crippen LogP contribution < -0.4 is 19.8 Å². The van der Waals surface area contributed by atoms with Gasteiger partial charge in [-0.15, -0.1) is 5.10 Å². The highest BCUT2D eigenvalue weighted by Crippen LogP contribution is 2.25. The van der Waals surface area contributed by atoms with Gasteiger partial charge in [0.15, 0.2) is 0 Å². The molecule has 1 heterocycles. The molecule has 2 aromatic carbocycles. The van der Waals surface area contributed by atoms with Crippen LogP contribution in [-0.2, 0) is 11.3 Å². The maximum Gasteiger partial charge on any atom is 0.337 e. The Hall–Kier alpha value is -3.33. The third-order valence-electron chi connectivity index (χ3n) is 4.35. The Morgan fingerprint density at radius 3 is 2.80 bits per heavy atom. The largest absolute Gasteiger partial charge is 0.870 e. The fourth-order valence-electron chi connectivity index (χ4n) is 2.78. The molecule has 0 fully saturated rings. The first kappa shape index (κ1) is 21.4. The van der Waals surface area contributed by atoms with Crippen LogP contribution in [0.5, 0.6) is 11.5 Å². The number of para-hydroxylation sites is 1. The zero-order valence-electron chi connectivity index (χ0n) is 17.0. The number of aromatic nitrogens is 3. The van der Waals surface area contributed by atoms with Crippen LogP contribution in [0, 0.1) is 6.92 Å². The van der Waals surface area contributed by atoms with Crippen LogP contribution >= 0.6 is 11.8 Å². The predicted octanol–water partition coefficient (Wildman–Crippen LogP) is 2.02. The molecular formula is C21H23N5O3S. The summed E-state index contributed by atoms with van der Waals surface area (Å²) >= 11 is 1.31. The number of benzene rings is 2. The van der Waals surface area contributed by atoms with Crippen LogP contribution in [0.2, 0.25) is 0 Å². The molecule has 0 atom stereocenters. The van der Waals surface area contributed by atoms with E-state index in [1.54, 1.807) is 18.2 Å². The molecule has 0 radical (unpaired) electrons. The average molecular weight is 426 g/mol. The molecule has 30 heavy (non-hydrogen) atoms. The van der Waals surface area contributed by atoms with Crippen molar-refractivity contribution in [1.82, 2.24) is 15.6 Å². The minimum absolute atomic E-state index is 0.137. The molecule has 0 aliphatic heterocycles. The number of carbonyl (C=O) groups is 1. The minimum atomic E-state index is -0.297. The summed E-state index contributed by atoms with van der Waals surface area (Å²) in [5, 5.41) is 24.0. The van der Waals surface area contributed by atoms with Crippen LogP contribution in [0.4, 0.5) is 0 Å². The van der Waals surface area contributed by atoms with Gasteiger partial charge in [-0.05, 0) is 49.4 Å². The summed E-state index contributed by atoms with van der Waals surface area (Å²) in [4.78, 5) is 12.1. The van der Waals surface area contributed by atoms with E-state index in [2.05, 4.69) is 20.7 Å². The first-order valence-electron chi connectivity index (χ1n) is 9.37. The van der Waals surface area contributed by atoms with Gasteiger partial charge in [-0.3, -0.25) is 4.79 Å². The molecule has 9 heteroatoms. The van der Waals surface area contributed by atoms with Crippen LogP contribution in [0.15, 0.2) is 52.7 Å². The molecular weight excluding hydrogens is 402 g/mol. The highest BCUT2D eigenvalue weighted by molar-refractivity contribution is 7.99. The smallest absolute Gasteiger partial charge is 0.337 e. The van der Waals surface area contributed by atoms with Crippen molar-refractivity contribution < 1.29 is 19.2 Å². The second-order valence-corrected chi connectivity index (χ2v) is 7.37. The van der Waals surface area contributed by atoms with Crippen molar-refractivity contribution in [3.8, 4) is 22.9 Å². The van der Waals surface area contributed by atoms with Crippen molar-refractivity contribution >= 4 is 23.9 Å². The standard InChI is InChI=1S/C21H23N5O3S/c1-4-26-20(15-10-8-14(2)9-11-15)24-25-21(26)30-13-18(27)23-22-12-16-6-5-7-17(29-3)19(16)28/h5-12H,4,13H2,1-3H3,(H2,22,23,27,28). The number of ether oxygens (including phenoxy) is 1.